The highest BCUT2D eigenvalue weighted by atomic mass is 32.1. The molecule has 1 aliphatic heterocycles. The zero-order chi connectivity index (χ0) is 13.1. The van der Waals surface area contributed by atoms with Crippen molar-refractivity contribution >= 4 is 17.4 Å². The molecule has 3 rings (SSSR count). The monoisotopic (exact) mass is 276 g/mol. The third-order valence-corrected chi connectivity index (χ3v) is 4.14. The number of rotatable bonds is 3. The van der Waals surface area contributed by atoms with E-state index in [1.807, 2.05) is 17.0 Å². The number of nitrogens with one attached hydrogen (secondary N) is 1. The molecule has 100 valence electrons. The van der Waals surface area contributed by atoms with Crippen LogP contribution in [0.5, 0.6) is 0 Å². The van der Waals surface area contributed by atoms with Crippen molar-refractivity contribution in [1.82, 2.24) is 10.2 Å². The van der Waals surface area contributed by atoms with E-state index in [2.05, 4.69) is 22.1 Å². The minimum absolute atomic E-state index is 0.00917. The third-order valence-electron chi connectivity index (χ3n) is 3.44. The van der Waals surface area contributed by atoms with E-state index in [-0.39, 0.29) is 12.1 Å². The van der Waals surface area contributed by atoms with Crippen molar-refractivity contribution in [3.63, 3.8) is 0 Å². The van der Waals surface area contributed by atoms with E-state index < -0.39 is 0 Å². The first-order valence-corrected chi connectivity index (χ1v) is 7.38. The van der Waals surface area contributed by atoms with Gasteiger partial charge >= 0.3 is 6.03 Å². The van der Waals surface area contributed by atoms with E-state index >= 15 is 0 Å². The van der Waals surface area contributed by atoms with E-state index in [4.69, 9.17) is 4.42 Å². The van der Waals surface area contributed by atoms with Gasteiger partial charge in [-0.1, -0.05) is 0 Å². The number of carbonyl (C=O) groups is 1. The lowest BCUT2D eigenvalue weighted by Gasteiger charge is -2.24. The standard InChI is InChI=1S/C14H16N2O2S/c17-14(15-9-12-3-2-7-18-12)16-6-1-4-13(16)11-5-8-19-10-11/h2-3,5,7-8,10,13H,1,4,6,9H2,(H,15,17)/t13-/m0/s1. The second-order valence-electron chi connectivity index (χ2n) is 4.65. The van der Waals surface area contributed by atoms with Crippen LogP contribution in [-0.4, -0.2) is 17.5 Å². The number of amides is 2. The topological polar surface area (TPSA) is 45.5 Å². The summed E-state index contributed by atoms with van der Waals surface area (Å²) in [5.41, 5.74) is 1.25. The maximum absolute atomic E-state index is 12.2. The highest BCUT2D eigenvalue weighted by Gasteiger charge is 2.29. The van der Waals surface area contributed by atoms with E-state index in [0.717, 1.165) is 25.1 Å². The Balaban J connectivity index is 1.62. The molecule has 5 heteroatoms. The number of furan rings is 1. The average Bonchev–Trinajstić information content (AvgIpc) is 3.14. The van der Waals surface area contributed by atoms with Gasteiger partial charge in [-0.2, -0.15) is 11.3 Å². The van der Waals surface area contributed by atoms with Crippen LogP contribution in [0.4, 0.5) is 4.79 Å². The first kappa shape index (κ1) is 12.3. The van der Waals surface area contributed by atoms with Crippen LogP contribution in [0.1, 0.15) is 30.2 Å². The number of hydrogen-bond donors (Lipinski definition) is 1. The molecule has 0 aromatic carbocycles. The SMILES string of the molecule is O=C(NCc1ccco1)N1CCC[C@H]1c1ccsc1. The maximum Gasteiger partial charge on any atom is 0.318 e. The summed E-state index contributed by atoms with van der Waals surface area (Å²) >= 11 is 1.68. The number of hydrogen-bond acceptors (Lipinski definition) is 3. The highest BCUT2D eigenvalue weighted by Crippen LogP contribution is 2.32. The van der Waals surface area contributed by atoms with Crippen molar-refractivity contribution < 1.29 is 9.21 Å². The fourth-order valence-electron chi connectivity index (χ4n) is 2.50. The Bertz CT molecular complexity index is 522. The molecule has 1 saturated heterocycles. The quantitative estimate of drug-likeness (QED) is 0.934. The minimum atomic E-state index is -0.00917. The molecule has 1 fully saturated rings. The summed E-state index contributed by atoms with van der Waals surface area (Å²) in [6.07, 6.45) is 3.73. The van der Waals surface area contributed by atoms with Crippen LogP contribution in [0.2, 0.25) is 0 Å². The molecule has 0 spiro atoms. The molecule has 2 amide bonds. The molecule has 0 unspecified atom stereocenters. The lowest BCUT2D eigenvalue weighted by molar-refractivity contribution is 0.191. The summed E-state index contributed by atoms with van der Waals surface area (Å²) in [6, 6.07) is 6.01. The number of carbonyl (C=O) groups excluding carboxylic acids is 1. The Morgan fingerprint density at radius 3 is 3.21 bits per heavy atom. The molecule has 4 nitrogen and oxygen atoms in total. The molecule has 0 aliphatic carbocycles. The lowest BCUT2D eigenvalue weighted by atomic mass is 10.1. The molecule has 19 heavy (non-hydrogen) atoms. The maximum atomic E-state index is 12.2. The van der Waals surface area contributed by atoms with E-state index in [1.54, 1.807) is 17.6 Å². The van der Waals surface area contributed by atoms with Gasteiger partial charge < -0.3 is 14.6 Å². The molecule has 2 aromatic rings. The fourth-order valence-corrected chi connectivity index (χ4v) is 3.21. The number of thiophene rings is 1. The van der Waals surface area contributed by atoms with E-state index in [0.29, 0.717) is 6.54 Å². The van der Waals surface area contributed by atoms with Gasteiger partial charge in [0.1, 0.15) is 5.76 Å². The molecule has 3 heterocycles. The van der Waals surface area contributed by atoms with Crippen LogP contribution < -0.4 is 5.32 Å². The normalized spacial score (nSPS) is 18.7. The molecule has 1 aliphatic rings. The number of nitrogens with zero attached hydrogens (tertiary/aromatic N) is 1. The summed E-state index contributed by atoms with van der Waals surface area (Å²) in [7, 11) is 0. The molecule has 0 radical (unpaired) electrons. The summed E-state index contributed by atoms with van der Waals surface area (Å²) in [4.78, 5) is 14.1. The van der Waals surface area contributed by atoms with Gasteiger partial charge in [0, 0.05) is 6.54 Å². The summed E-state index contributed by atoms with van der Waals surface area (Å²) in [5, 5.41) is 7.11. The van der Waals surface area contributed by atoms with Crippen LogP contribution in [0.25, 0.3) is 0 Å². The minimum Gasteiger partial charge on any atom is -0.467 e. The summed E-state index contributed by atoms with van der Waals surface area (Å²) < 4.78 is 5.21. The lowest BCUT2D eigenvalue weighted by Crippen LogP contribution is -2.38. The van der Waals surface area contributed by atoms with Crippen LogP contribution in [-0.2, 0) is 6.54 Å². The Labute approximate surface area is 116 Å². The smallest absolute Gasteiger partial charge is 0.318 e. The largest absolute Gasteiger partial charge is 0.467 e. The molecule has 0 bridgehead atoms. The molecule has 2 aromatic heterocycles. The number of urea groups is 1. The van der Waals surface area contributed by atoms with Crippen LogP contribution in [0, 0.1) is 0 Å². The average molecular weight is 276 g/mol. The second kappa shape index (κ2) is 5.48. The van der Waals surface area contributed by atoms with Crippen molar-refractivity contribution in [2.24, 2.45) is 0 Å². The van der Waals surface area contributed by atoms with E-state index in [1.165, 1.54) is 5.56 Å². The molecule has 1 N–H and O–H groups in total. The van der Waals surface area contributed by atoms with Crippen molar-refractivity contribution in [2.45, 2.75) is 25.4 Å². The molecular formula is C14H16N2O2S. The van der Waals surface area contributed by atoms with Crippen molar-refractivity contribution in [2.75, 3.05) is 6.54 Å². The van der Waals surface area contributed by atoms with Gasteiger partial charge in [0.05, 0.1) is 18.8 Å². The third kappa shape index (κ3) is 2.66. The van der Waals surface area contributed by atoms with Crippen LogP contribution >= 0.6 is 11.3 Å². The van der Waals surface area contributed by atoms with Crippen molar-refractivity contribution in [3.8, 4) is 0 Å². The molecule has 1 atom stereocenters. The predicted octanol–water partition coefficient (Wildman–Crippen LogP) is 3.39. The Morgan fingerprint density at radius 1 is 1.53 bits per heavy atom. The van der Waals surface area contributed by atoms with Crippen LogP contribution in [0.15, 0.2) is 39.6 Å². The second-order valence-corrected chi connectivity index (χ2v) is 5.43. The van der Waals surface area contributed by atoms with Gasteiger partial charge in [0.2, 0.25) is 0 Å². The van der Waals surface area contributed by atoms with E-state index in [9.17, 15) is 4.79 Å². The predicted molar refractivity (Wildman–Crippen MR) is 73.9 cm³/mol. The van der Waals surface area contributed by atoms with Gasteiger partial charge in [0.15, 0.2) is 0 Å². The Hall–Kier alpha value is -1.75. The Kier molecular flexibility index (Phi) is 3.55. The van der Waals surface area contributed by atoms with Gasteiger partial charge in [-0.25, -0.2) is 4.79 Å². The van der Waals surface area contributed by atoms with Gasteiger partial charge in [-0.3, -0.25) is 0 Å². The molecular weight excluding hydrogens is 260 g/mol. The zero-order valence-corrected chi connectivity index (χ0v) is 11.4. The summed E-state index contributed by atoms with van der Waals surface area (Å²) in [6.45, 7) is 1.27. The summed E-state index contributed by atoms with van der Waals surface area (Å²) in [5.74, 6) is 0.777. The van der Waals surface area contributed by atoms with Crippen molar-refractivity contribution in [1.29, 1.82) is 0 Å². The highest BCUT2D eigenvalue weighted by molar-refractivity contribution is 7.07. The van der Waals surface area contributed by atoms with Gasteiger partial charge in [-0.05, 0) is 47.4 Å². The van der Waals surface area contributed by atoms with Gasteiger partial charge in [-0.15, -0.1) is 0 Å². The van der Waals surface area contributed by atoms with Crippen molar-refractivity contribution in [3.05, 3.63) is 46.5 Å². The fraction of sp³-hybridized carbons (Fsp3) is 0.357. The first-order chi connectivity index (χ1) is 9.34. The first-order valence-electron chi connectivity index (χ1n) is 6.43. The zero-order valence-electron chi connectivity index (χ0n) is 10.5. The number of likely N-dealkylation sites (tertiary alicyclic amines) is 1. The van der Waals surface area contributed by atoms with Crippen LogP contribution in [0.3, 0.4) is 0 Å². The Morgan fingerprint density at radius 2 is 2.47 bits per heavy atom. The van der Waals surface area contributed by atoms with Gasteiger partial charge in [0.25, 0.3) is 0 Å². The molecule has 0 saturated carbocycles.